The number of aliphatic hydroxyl groups is 1. The molecule has 1 saturated heterocycles. The Hall–Kier alpha value is -1.50. The van der Waals surface area contributed by atoms with Crippen molar-refractivity contribution in [1.82, 2.24) is 0 Å². The maximum Gasteiger partial charge on any atom is 0.339 e. The van der Waals surface area contributed by atoms with Gasteiger partial charge in [-0.3, -0.25) is 4.79 Å². The number of rotatable bonds is 3. The Morgan fingerprint density at radius 3 is 2.80 bits per heavy atom. The summed E-state index contributed by atoms with van der Waals surface area (Å²) >= 11 is 0. The summed E-state index contributed by atoms with van der Waals surface area (Å²) in [6, 6.07) is 0. The second-order valence-corrected chi connectivity index (χ2v) is 10.4. The smallest absolute Gasteiger partial charge is 0.339 e. The number of fused-ring (bicyclic) bond motifs is 7. The lowest BCUT2D eigenvalue weighted by Gasteiger charge is -2.59. The molecule has 30 heavy (non-hydrogen) atoms. The van der Waals surface area contributed by atoms with E-state index in [-0.39, 0.29) is 29.0 Å². The standard InChI is InChI=1S/C24H32O6/c1-4-5-19-29-18-11-16-15-7-6-13-10-14(25)8-9-22(13,2)20(15)17(26)12-23(16,3)24(18,30-19)21(27)28/h8-10,15-20,26H,4-7,11-12H2,1-3H3,(H,27,28)/t15-,16-,17-,18+,19-,20+,22-,23-,24-/m0/s1. The van der Waals surface area contributed by atoms with E-state index in [9.17, 15) is 19.8 Å². The second kappa shape index (κ2) is 6.50. The Kier molecular flexibility index (Phi) is 4.42. The van der Waals surface area contributed by atoms with Crippen LogP contribution in [-0.4, -0.2) is 46.1 Å². The highest BCUT2D eigenvalue weighted by atomic mass is 16.7. The highest BCUT2D eigenvalue weighted by Crippen LogP contribution is 2.69. The molecule has 0 radical (unpaired) electrons. The molecule has 0 aromatic carbocycles. The SMILES string of the molecule is CCC[C@H]1O[C@@H]2C[C@H]3[C@@H]4CCC5=CC(=O)C=C[C@]5(C)[C@H]4[C@@H](O)C[C@]3(C)[C@]2(C(=O)O)O1. The van der Waals surface area contributed by atoms with E-state index in [4.69, 9.17) is 9.47 Å². The third-order valence-corrected chi connectivity index (χ3v) is 9.13. The van der Waals surface area contributed by atoms with Crippen LogP contribution in [0.25, 0.3) is 0 Å². The summed E-state index contributed by atoms with van der Waals surface area (Å²) in [5, 5.41) is 21.8. The van der Waals surface area contributed by atoms with Crippen molar-refractivity contribution in [2.75, 3.05) is 0 Å². The first-order chi connectivity index (χ1) is 14.2. The number of carboxylic acids is 1. The van der Waals surface area contributed by atoms with E-state index in [2.05, 4.69) is 6.92 Å². The second-order valence-electron chi connectivity index (χ2n) is 10.4. The van der Waals surface area contributed by atoms with Crippen molar-refractivity contribution in [2.24, 2.45) is 28.6 Å². The van der Waals surface area contributed by atoms with Gasteiger partial charge in [-0.2, -0.15) is 0 Å². The lowest BCUT2D eigenvalue weighted by atomic mass is 9.46. The highest BCUT2D eigenvalue weighted by molar-refractivity contribution is 6.01. The summed E-state index contributed by atoms with van der Waals surface area (Å²) < 4.78 is 12.4. The minimum Gasteiger partial charge on any atom is -0.479 e. The van der Waals surface area contributed by atoms with Gasteiger partial charge in [0.15, 0.2) is 17.7 Å². The summed E-state index contributed by atoms with van der Waals surface area (Å²) in [5.41, 5.74) is -1.37. The Labute approximate surface area is 177 Å². The van der Waals surface area contributed by atoms with Crippen molar-refractivity contribution in [1.29, 1.82) is 0 Å². The van der Waals surface area contributed by atoms with Crippen LogP contribution in [0.5, 0.6) is 0 Å². The number of allylic oxidation sites excluding steroid dienone is 4. The molecule has 5 rings (SSSR count). The fraction of sp³-hybridized carbons (Fsp3) is 0.750. The van der Waals surface area contributed by atoms with E-state index in [1.807, 2.05) is 19.9 Å². The van der Waals surface area contributed by atoms with Crippen molar-refractivity contribution in [3.8, 4) is 0 Å². The van der Waals surface area contributed by atoms with Crippen LogP contribution in [0.15, 0.2) is 23.8 Å². The van der Waals surface area contributed by atoms with Gasteiger partial charge in [-0.15, -0.1) is 0 Å². The van der Waals surface area contributed by atoms with Gasteiger partial charge in [-0.05, 0) is 56.1 Å². The van der Waals surface area contributed by atoms with Crippen molar-refractivity contribution in [3.05, 3.63) is 23.8 Å². The maximum absolute atomic E-state index is 12.7. The van der Waals surface area contributed by atoms with Crippen LogP contribution >= 0.6 is 0 Å². The fourth-order valence-electron chi connectivity index (χ4n) is 7.87. The highest BCUT2D eigenvalue weighted by Gasteiger charge is 2.76. The van der Waals surface area contributed by atoms with Crippen LogP contribution in [0.2, 0.25) is 0 Å². The predicted molar refractivity (Wildman–Crippen MR) is 108 cm³/mol. The molecule has 4 aliphatic carbocycles. The molecule has 0 unspecified atom stereocenters. The minimum atomic E-state index is -1.40. The van der Waals surface area contributed by atoms with Crippen LogP contribution < -0.4 is 0 Å². The number of aliphatic hydroxyl groups excluding tert-OH is 1. The number of carbonyl (C=O) groups is 2. The van der Waals surface area contributed by atoms with Gasteiger partial charge in [0.05, 0.1) is 6.10 Å². The number of hydrogen-bond donors (Lipinski definition) is 2. The predicted octanol–water partition coefficient (Wildman–Crippen LogP) is 3.24. The first-order valence-corrected chi connectivity index (χ1v) is 11.4. The molecular formula is C24H32O6. The van der Waals surface area contributed by atoms with Crippen LogP contribution in [-0.2, 0) is 19.1 Å². The summed E-state index contributed by atoms with van der Waals surface area (Å²) in [6.45, 7) is 6.15. The number of aliphatic carboxylic acids is 1. The normalized spacial score (nSPS) is 51.6. The monoisotopic (exact) mass is 416 g/mol. The molecule has 0 bridgehead atoms. The molecule has 6 heteroatoms. The molecule has 9 atom stereocenters. The quantitative estimate of drug-likeness (QED) is 0.734. The third kappa shape index (κ3) is 2.36. The third-order valence-electron chi connectivity index (χ3n) is 9.13. The number of ketones is 1. The first kappa shape index (κ1) is 20.4. The van der Waals surface area contributed by atoms with Gasteiger partial charge < -0.3 is 19.7 Å². The van der Waals surface area contributed by atoms with Gasteiger partial charge in [-0.25, -0.2) is 4.79 Å². The Bertz CT molecular complexity index is 847. The number of carbonyl (C=O) groups excluding carboxylic acids is 1. The van der Waals surface area contributed by atoms with Crippen LogP contribution in [0.1, 0.15) is 59.3 Å². The molecular weight excluding hydrogens is 384 g/mol. The molecule has 0 aromatic heterocycles. The Morgan fingerprint density at radius 1 is 1.33 bits per heavy atom. The average molecular weight is 417 g/mol. The van der Waals surface area contributed by atoms with Crippen molar-refractivity contribution in [2.45, 2.75) is 83.4 Å². The maximum atomic E-state index is 12.7. The number of ether oxygens (including phenoxy) is 2. The Morgan fingerprint density at radius 2 is 2.10 bits per heavy atom. The van der Waals surface area contributed by atoms with Crippen LogP contribution in [0.3, 0.4) is 0 Å². The first-order valence-electron chi connectivity index (χ1n) is 11.4. The van der Waals surface area contributed by atoms with E-state index in [1.54, 1.807) is 12.2 Å². The van der Waals surface area contributed by atoms with E-state index < -0.39 is 35.5 Å². The zero-order chi connectivity index (χ0) is 21.5. The molecule has 0 amide bonds. The van der Waals surface area contributed by atoms with Crippen molar-refractivity contribution < 1.29 is 29.3 Å². The van der Waals surface area contributed by atoms with E-state index in [1.165, 1.54) is 0 Å². The van der Waals surface area contributed by atoms with Crippen molar-refractivity contribution >= 4 is 11.8 Å². The lowest BCUT2D eigenvalue weighted by Crippen LogP contribution is -2.63. The Balaban J connectivity index is 1.55. The van der Waals surface area contributed by atoms with Crippen LogP contribution in [0.4, 0.5) is 0 Å². The number of carboxylic acid groups (broad SMARTS) is 1. The van der Waals surface area contributed by atoms with Gasteiger partial charge in [0, 0.05) is 16.7 Å². The molecule has 1 heterocycles. The molecule has 0 spiro atoms. The molecule has 6 nitrogen and oxygen atoms in total. The summed E-state index contributed by atoms with van der Waals surface area (Å²) in [5.74, 6) is -0.722. The van der Waals surface area contributed by atoms with Gasteiger partial charge >= 0.3 is 5.97 Å². The van der Waals surface area contributed by atoms with E-state index in [0.717, 1.165) is 24.8 Å². The van der Waals surface area contributed by atoms with Crippen LogP contribution in [0, 0.1) is 28.6 Å². The summed E-state index contributed by atoms with van der Waals surface area (Å²) in [6.07, 6.45) is 7.90. The molecule has 5 aliphatic rings. The van der Waals surface area contributed by atoms with Gasteiger partial charge in [0.2, 0.25) is 0 Å². The molecule has 0 aromatic rings. The van der Waals surface area contributed by atoms with Crippen molar-refractivity contribution in [3.63, 3.8) is 0 Å². The summed E-state index contributed by atoms with van der Waals surface area (Å²) in [4.78, 5) is 24.6. The average Bonchev–Trinajstić information content (AvgIpc) is 3.15. The topological polar surface area (TPSA) is 93.1 Å². The summed E-state index contributed by atoms with van der Waals surface area (Å²) in [7, 11) is 0. The number of hydrogen-bond acceptors (Lipinski definition) is 5. The molecule has 2 N–H and O–H groups in total. The zero-order valence-electron chi connectivity index (χ0n) is 18.0. The lowest BCUT2D eigenvalue weighted by molar-refractivity contribution is -0.210. The van der Waals surface area contributed by atoms with Gasteiger partial charge in [0.25, 0.3) is 0 Å². The van der Waals surface area contributed by atoms with E-state index >= 15 is 0 Å². The molecule has 1 aliphatic heterocycles. The largest absolute Gasteiger partial charge is 0.479 e. The van der Waals surface area contributed by atoms with Gasteiger partial charge in [0.1, 0.15) is 6.10 Å². The molecule has 4 fully saturated rings. The van der Waals surface area contributed by atoms with E-state index in [0.29, 0.717) is 19.3 Å². The minimum absolute atomic E-state index is 0.0139. The molecule has 3 saturated carbocycles. The van der Waals surface area contributed by atoms with Gasteiger partial charge in [-0.1, -0.05) is 38.8 Å². The molecule has 164 valence electrons. The fourth-order valence-corrected chi connectivity index (χ4v) is 7.87. The zero-order valence-corrected chi connectivity index (χ0v) is 18.0.